The summed E-state index contributed by atoms with van der Waals surface area (Å²) in [5.41, 5.74) is 0. The van der Waals surface area contributed by atoms with Crippen LogP contribution in [0.1, 0.15) is 33.6 Å². The summed E-state index contributed by atoms with van der Waals surface area (Å²) in [6.45, 7) is 7.17. The van der Waals surface area contributed by atoms with Crippen molar-refractivity contribution in [2.45, 2.75) is 39.7 Å². The van der Waals surface area contributed by atoms with Crippen molar-refractivity contribution in [3.05, 3.63) is 0 Å². The van der Waals surface area contributed by atoms with Crippen molar-refractivity contribution in [1.82, 2.24) is 0 Å². The van der Waals surface area contributed by atoms with Crippen molar-refractivity contribution in [2.75, 3.05) is 19.8 Å². The summed E-state index contributed by atoms with van der Waals surface area (Å²) in [7, 11) is 0. The van der Waals surface area contributed by atoms with Crippen LogP contribution < -0.4 is 0 Å². The standard InChI is InChI=1S/C10H20O4/c1-4-6-7-13-10(11)14-9(3)8-12-5-2/h9H,4-8H2,1-3H3. The molecule has 0 bridgehead atoms. The van der Waals surface area contributed by atoms with E-state index in [1.54, 1.807) is 6.92 Å². The molecule has 0 saturated carbocycles. The third kappa shape index (κ3) is 7.86. The molecule has 0 fully saturated rings. The van der Waals surface area contributed by atoms with Crippen LogP contribution in [-0.2, 0) is 14.2 Å². The van der Waals surface area contributed by atoms with Crippen LogP contribution in [0.15, 0.2) is 0 Å². The summed E-state index contributed by atoms with van der Waals surface area (Å²) < 4.78 is 14.8. The maximum atomic E-state index is 11.0. The van der Waals surface area contributed by atoms with Crippen LogP contribution in [-0.4, -0.2) is 32.1 Å². The summed E-state index contributed by atoms with van der Waals surface area (Å²) >= 11 is 0. The van der Waals surface area contributed by atoms with Crippen LogP contribution >= 0.6 is 0 Å². The highest BCUT2D eigenvalue weighted by Crippen LogP contribution is 1.97. The molecule has 0 aliphatic heterocycles. The van der Waals surface area contributed by atoms with Gasteiger partial charge in [-0.1, -0.05) is 13.3 Å². The summed E-state index contributed by atoms with van der Waals surface area (Å²) in [6.07, 6.45) is 1.02. The highest BCUT2D eigenvalue weighted by molar-refractivity contribution is 5.60. The molecule has 0 rings (SSSR count). The van der Waals surface area contributed by atoms with Gasteiger partial charge in [0, 0.05) is 6.61 Å². The molecule has 0 saturated heterocycles. The van der Waals surface area contributed by atoms with E-state index in [0.717, 1.165) is 12.8 Å². The minimum atomic E-state index is -0.606. The summed E-state index contributed by atoms with van der Waals surface area (Å²) in [5.74, 6) is 0. The molecule has 0 radical (unpaired) electrons. The molecule has 4 nitrogen and oxygen atoms in total. The lowest BCUT2D eigenvalue weighted by molar-refractivity contribution is -0.00714. The second-order valence-electron chi connectivity index (χ2n) is 3.04. The summed E-state index contributed by atoms with van der Waals surface area (Å²) in [4.78, 5) is 11.0. The normalized spacial score (nSPS) is 12.2. The van der Waals surface area contributed by atoms with Crippen LogP contribution in [0.2, 0.25) is 0 Å². The summed E-state index contributed by atoms with van der Waals surface area (Å²) in [6, 6.07) is 0. The Kier molecular flexibility index (Phi) is 8.33. The van der Waals surface area contributed by atoms with Gasteiger partial charge in [-0.3, -0.25) is 0 Å². The van der Waals surface area contributed by atoms with Crippen LogP contribution in [0.5, 0.6) is 0 Å². The van der Waals surface area contributed by atoms with E-state index in [2.05, 4.69) is 0 Å². The van der Waals surface area contributed by atoms with Gasteiger partial charge >= 0.3 is 6.16 Å². The molecule has 0 aromatic carbocycles. The second kappa shape index (κ2) is 8.81. The van der Waals surface area contributed by atoms with Crippen molar-refractivity contribution in [3.8, 4) is 0 Å². The fourth-order valence-corrected chi connectivity index (χ4v) is 0.816. The minimum absolute atomic E-state index is 0.246. The van der Waals surface area contributed by atoms with Gasteiger partial charge in [-0.15, -0.1) is 0 Å². The number of rotatable bonds is 7. The van der Waals surface area contributed by atoms with Crippen molar-refractivity contribution >= 4 is 6.16 Å². The van der Waals surface area contributed by atoms with Crippen molar-refractivity contribution in [3.63, 3.8) is 0 Å². The third-order valence-electron chi connectivity index (χ3n) is 1.57. The molecule has 4 heteroatoms. The first-order valence-corrected chi connectivity index (χ1v) is 5.11. The number of unbranched alkanes of at least 4 members (excludes halogenated alkanes) is 1. The topological polar surface area (TPSA) is 44.8 Å². The molecule has 0 aromatic heterocycles. The van der Waals surface area contributed by atoms with E-state index in [0.29, 0.717) is 19.8 Å². The Morgan fingerprint density at radius 2 is 2.07 bits per heavy atom. The highest BCUT2D eigenvalue weighted by atomic mass is 16.7. The molecular formula is C10H20O4. The number of hydrogen-bond donors (Lipinski definition) is 0. The molecule has 0 aliphatic carbocycles. The van der Waals surface area contributed by atoms with E-state index in [1.807, 2.05) is 13.8 Å². The summed E-state index contributed by atoms with van der Waals surface area (Å²) in [5, 5.41) is 0. The second-order valence-corrected chi connectivity index (χ2v) is 3.04. The van der Waals surface area contributed by atoms with E-state index < -0.39 is 6.16 Å². The van der Waals surface area contributed by atoms with Gasteiger partial charge in [-0.25, -0.2) is 4.79 Å². The Balaban J connectivity index is 3.40. The van der Waals surface area contributed by atoms with Crippen LogP contribution in [0, 0.1) is 0 Å². The zero-order chi connectivity index (χ0) is 10.8. The number of carbonyl (C=O) groups is 1. The van der Waals surface area contributed by atoms with Crippen molar-refractivity contribution in [1.29, 1.82) is 0 Å². The molecule has 0 aromatic rings. The van der Waals surface area contributed by atoms with Gasteiger partial charge in [-0.2, -0.15) is 0 Å². The van der Waals surface area contributed by atoms with Gasteiger partial charge < -0.3 is 14.2 Å². The molecular weight excluding hydrogens is 184 g/mol. The van der Waals surface area contributed by atoms with Crippen molar-refractivity contribution < 1.29 is 19.0 Å². The first-order chi connectivity index (χ1) is 6.70. The first-order valence-electron chi connectivity index (χ1n) is 5.11. The Morgan fingerprint density at radius 1 is 1.36 bits per heavy atom. The number of ether oxygens (including phenoxy) is 3. The molecule has 0 heterocycles. The monoisotopic (exact) mass is 204 g/mol. The average molecular weight is 204 g/mol. The molecule has 0 N–H and O–H groups in total. The van der Waals surface area contributed by atoms with E-state index in [1.165, 1.54) is 0 Å². The Bertz CT molecular complexity index is 147. The molecule has 0 aliphatic rings. The van der Waals surface area contributed by atoms with Crippen molar-refractivity contribution in [2.24, 2.45) is 0 Å². The quantitative estimate of drug-likeness (QED) is 0.471. The Labute approximate surface area is 85.5 Å². The van der Waals surface area contributed by atoms with E-state index >= 15 is 0 Å². The van der Waals surface area contributed by atoms with Gasteiger partial charge in [0.1, 0.15) is 6.10 Å². The smallest absolute Gasteiger partial charge is 0.434 e. The third-order valence-corrected chi connectivity index (χ3v) is 1.57. The molecule has 0 amide bonds. The Hall–Kier alpha value is -0.770. The average Bonchev–Trinajstić information content (AvgIpc) is 2.15. The molecule has 14 heavy (non-hydrogen) atoms. The lowest BCUT2D eigenvalue weighted by Crippen LogP contribution is -2.21. The maximum absolute atomic E-state index is 11.0. The van der Waals surface area contributed by atoms with Gasteiger partial charge in [0.2, 0.25) is 0 Å². The molecule has 0 spiro atoms. The van der Waals surface area contributed by atoms with Crippen LogP contribution in [0.4, 0.5) is 4.79 Å². The van der Waals surface area contributed by atoms with E-state index in [9.17, 15) is 4.79 Å². The van der Waals surface area contributed by atoms with Crippen LogP contribution in [0.3, 0.4) is 0 Å². The van der Waals surface area contributed by atoms with Gasteiger partial charge in [0.05, 0.1) is 13.2 Å². The number of carbonyl (C=O) groups excluding carboxylic acids is 1. The van der Waals surface area contributed by atoms with Gasteiger partial charge in [0.15, 0.2) is 0 Å². The predicted molar refractivity (Wildman–Crippen MR) is 53.3 cm³/mol. The largest absolute Gasteiger partial charge is 0.508 e. The minimum Gasteiger partial charge on any atom is -0.434 e. The zero-order valence-corrected chi connectivity index (χ0v) is 9.25. The maximum Gasteiger partial charge on any atom is 0.508 e. The first kappa shape index (κ1) is 13.2. The lowest BCUT2D eigenvalue weighted by Gasteiger charge is -2.12. The van der Waals surface area contributed by atoms with E-state index in [4.69, 9.17) is 14.2 Å². The van der Waals surface area contributed by atoms with Gasteiger partial charge in [-0.05, 0) is 20.3 Å². The van der Waals surface area contributed by atoms with E-state index in [-0.39, 0.29) is 6.10 Å². The fraction of sp³-hybridized carbons (Fsp3) is 0.900. The number of hydrogen-bond acceptors (Lipinski definition) is 4. The zero-order valence-electron chi connectivity index (χ0n) is 9.25. The predicted octanol–water partition coefficient (Wildman–Crippen LogP) is 2.36. The molecule has 1 unspecified atom stereocenters. The lowest BCUT2D eigenvalue weighted by atomic mass is 10.4. The van der Waals surface area contributed by atoms with Crippen LogP contribution in [0.25, 0.3) is 0 Å². The fourth-order valence-electron chi connectivity index (χ4n) is 0.816. The highest BCUT2D eigenvalue weighted by Gasteiger charge is 2.09. The SMILES string of the molecule is CCCCOC(=O)OC(C)COCC. The molecule has 1 atom stereocenters. The molecule has 84 valence electrons. The van der Waals surface area contributed by atoms with Gasteiger partial charge in [0.25, 0.3) is 0 Å². The Morgan fingerprint density at radius 3 is 2.64 bits per heavy atom.